The van der Waals surface area contributed by atoms with E-state index in [-0.39, 0.29) is 29.8 Å². The summed E-state index contributed by atoms with van der Waals surface area (Å²) in [7, 11) is 0. The molecule has 2 fully saturated rings. The number of aromatic nitrogens is 1. The Labute approximate surface area is 190 Å². The Hall–Kier alpha value is -3.66. The first-order valence-electron chi connectivity index (χ1n) is 11.4. The molecule has 1 aliphatic carbocycles. The van der Waals surface area contributed by atoms with Gasteiger partial charge in [0.2, 0.25) is 0 Å². The summed E-state index contributed by atoms with van der Waals surface area (Å²) in [5, 5.41) is 11.0. The Morgan fingerprint density at radius 2 is 1.88 bits per heavy atom. The lowest BCUT2D eigenvalue weighted by Crippen LogP contribution is -2.38. The maximum Gasteiger partial charge on any atom is 0.260 e. The molecule has 1 amide bonds. The van der Waals surface area contributed by atoms with Gasteiger partial charge in [-0.1, -0.05) is 12.1 Å². The largest absolute Gasteiger partial charge is 0.484 e. The highest BCUT2D eigenvalue weighted by molar-refractivity contribution is 5.99. The summed E-state index contributed by atoms with van der Waals surface area (Å²) in [5.74, 6) is -0.0618. The topological polar surface area (TPSA) is 75.3 Å². The second-order valence-corrected chi connectivity index (χ2v) is 8.69. The maximum atomic E-state index is 14.1. The van der Waals surface area contributed by atoms with Crippen molar-refractivity contribution in [3.8, 4) is 22.9 Å². The number of amides is 1. The molecule has 1 saturated carbocycles. The van der Waals surface area contributed by atoms with Gasteiger partial charge in [-0.2, -0.15) is 5.26 Å². The summed E-state index contributed by atoms with van der Waals surface area (Å²) < 4.78 is 21.4. The van der Waals surface area contributed by atoms with Gasteiger partial charge in [0.1, 0.15) is 23.3 Å². The Balaban J connectivity index is 1.59. The van der Waals surface area contributed by atoms with E-state index in [0.29, 0.717) is 27.6 Å². The third kappa shape index (κ3) is 4.09. The van der Waals surface area contributed by atoms with Crippen molar-refractivity contribution in [3.05, 3.63) is 64.3 Å². The molecule has 0 radical (unpaired) electrons. The molecule has 1 saturated heterocycles. The van der Waals surface area contributed by atoms with Gasteiger partial charge in [-0.05, 0) is 68.0 Å². The van der Waals surface area contributed by atoms with Crippen LogP contribution < -0.4 is 10.3 Å². The Morgan fingerprint density at radius 1 is 1.09 bits per heavy atom. The second kappa shape index (κ2) is 8.70. The minimum absolute atomic E-state index is 0.0121. The number of hydrogen-bond acceptors (Lipinski definition) is 4. The summed E-state index contributed by atoms with van der Waals surface area (Å²) in [6.45, 7) is 1.40. The summed E-state index contributed by atoms with van der Waals surface area (Å²) in [5.41, 5.74) is 1.01. The van der Waals surface area contributed by atoms with E-state index in [0.717, 1.165) is 45.2 Å². The SMILES string of the molecule is N#Cc1c(-c2cccc(F)c2)c2cc(OCC(=O)N3CCCCC3)ccc2c(=O)n1C1CC1. The van der Waals surface area contributed by atoms with Crippen molar-refractivity contribution in [2.45, 2.75) is 38.1 Å². The molecule has 33 heavy (non-hydrogen) atoms. The number of benzene rings is 2. The van der Waals surface area contributed by atoms with Crippen molar-refractivity contribution >= 4 is 16.7 Å². The van der Waals surface area contributed by atoms with E-state index < -0.39 is 5.82 Å². The lowest BCUT2D eigenvalue weighted by Gasteiger charge is -2.26. The van der Waals surface area contributed by atoms with Gasteiger partial charge in [-0.25, -0.2) is 4.39 Å². The third-order valence-corrected chi connectivity index (χ3v) is 6.39. The van der Waals surface area contributed by atoms with Crippen LogP contribution in [0.2, 0.25) is 0 Å². The summed E-state index contributed by atoms with van der Waals surface area (Å²) in [6, 6.07) is 13.2. The van der Waals surface area contributed by atoms with Crippen LogP contribution in [0.25, 0.3) is 21.9 Å². The molecule has 2 heterocycles. The van der Waals surface area contributed by atoms with Gasteiger partial charge in [0, 0.05) is 35.5 Å². The van der Waals surface area contributed by atoms with E-state index in [2.05, 4.69) is 6.07 Å². The van der Waals surface area contributed by atoms with Crippen LogP contribution in [-0.4, -0.2) is 35.1 Å². The predicted octanol–water partition coefficient (Wildman–Crippen LogP) is 4.41. The van der Waals surface area contributed by atoms with Gasteiger partial charge < -0.3 is 9.64 Å². The van der Waals surface area contributed by atoms with Crippen LogP contribution in [0.3, 0.4) is 0 Å². The summed E-state index contributed by atoms with van der Waals surface area (Å²) in [4.78, 5) is 27.6. The van der Waals surface area contributed by atoms with Gasteiger partial charge in [0.25, 0.3) is 11.5 Å². The van der Waals surface area contributed by atoms with Crippen molar-refractivity contribution in [2.24, 2.45) is 0 Å². The number of nitrogens with zero attached hydrogens (tertiary/aromatic N) is 3. The lowest BCUT2D eigenvalue weighted by atomic mass is 9.96. The van der Waals surface area contributed by atoms with Crippen LogP contribution in [0, 0.1) is 17.1 Å². The Bertz CT molecular complexity index is 1330. The minimum Gasteiger partial charge on any atom is -0.484 e. The number of halogens is 1. The zero-order chi connectivity index (χ0) is 22.9. The van der Waals surface area contributed by atoms with Gasteiger partial charge in [0.05, 0.1) is 0 Å². The van der Waals surface area contributed by atoms with Crippen LogP contribution in [0.4, 0.5) is 4.39 Å². The van der Waals surface area contributed by atoms with Crippen molar-refractivity contribution in [3.63, 3.8) is 0 Å². The quantitative estimate of drug-likeness (QED) is 0.583. The number of rotatable bonds is 5. The standard InChI is InChI=1S/C26H24FN3O3/c27-18-6-4-5-17(13-18)25-22-14-20(33-16-24(31)29-11-2-1-3-12-29)9-10-21(22)26(32)30(19-7-8-19)23(25)15-28/h4-6,9-10,13-14,19H,1-3,7-8,11-12,16H2. The lowest BCUT2D eigenvalue weighted by molar-refractivity contribution is -0.134. The van der Waals surface area contributed by atoms with Gasteiger partial charge in [0.15, 0.2) is 6.61 Å². The van der Waals surface area contributed by atoms with Crippen LogP contribution in [0.5, 0.6) is 5.75 Å². The Kier molecular flexibility index (Phi) is 5.59. The van der Waals surface area contributed by atoms with E-state index in [1.165, 1.54) is 12.1 Å². The normalized spacial score (nSPS) is 15.9. The van der Waals surface area contributed by atoms with Crippen molar-refractivity contribution in [2.75, 3.05) is 19.7 Å². The minimum atomic E-state index is -0.423. The molecule has 0 unspecified atom stereocenters. The molecular formula is C26H24FN3O3. The second-order valence-electron chi connectivity index (χ2n) is 8.69. The number of nitriles is 1. The predicted molar refractivity (Wildman–Crippen MR) is 123 cm³/mol. The molecule has 6 nitrogen and oxygen atoms in total. The molecule has 7 heteroatoms. The molecule has 1 aliphatic heterocycles. The van der Waals surface area contributed by atoms with E-state index in [9.17, 15) is 19.2 Å². The fourth-order valence-corrected chi connectivity index (χ4v) is 4.59. The Morgan fingerprint density at radius 3 is 2.58 bits per heavy atom. The van der Waals surface area contributed by atoms with Crippen LogP contribution >= 0.6 is 0 Å². The average Bonchev–Trinajstić information content (AvgIpc) is 3.67. The van der Waals surface area contributed by atoms with Crippen LogP contribution in [0.15, 0.2) is 47.3 Å². The van der Waals surface area contributed by atoms with Crippen molar-refractivity contribution in [1.29, 1.82) is 5.26 Å². The van der Waals surface area contributed by atoms with E-state index in [4.69, 9.17) is 4.74 Å². The van der Waals surface area contributed by atoms with Gasteiger partial charge in [-0.15, -0.1) is 0 Å². The molecule has 0 spiro atoms. The van der Waals surface area contributed by atoms with Crippen molar-refractivity contribution in [1.82, 2.24) is 9.47 Å². The number of piperidine rings is 1. The number of fused-ring (bicyclic) bond motifs is 1. The van der Waals surface area contributed by atoms with Gasteiger partial charge in [-0.3, -0.25) is 14.2 Å². The summed E-state index contributed by atoms with van der Waals surface area (Å²) in [6.07, 6.45) is 4.81. The zero-order valence-electron chi connectivity index (χ0n) is 18.2. The third-order valence-electron chi connectivity index (χ3n) is 6.39. The fraction of sp³-hybridized carbons (Fsp3) is 0.346. The number of ether oxygens (including phenoxy) is 1. The molecule has 168 valence electrons. The summed E-state index contributed by atoms with van der Waals surface area (Å²) >= 11 is 0. The number of hydrogen-bond donors (Lipinski definition) is 0. The molecule has 0 atom stereocenters. The zero-order valence-corrected chi connectivity index (χ0v) is 18.2. The molecule has 2 aliphatic rings. The highest BCUT2D eigenvalue weighted by Gasteiger charge is 2.30. The first kappa shape index (κ1) is 21.2. The number of carbonyl (C=O) groups is 1. The van der Waals surface area contributed by atoms with E-state index in [1.807, 2.05) is 4.90 Å². The fourth-order valence-electron chi connectivity index (χ4n) is 4.59. The number of carbonyl (C=O) groups excluding carboxylic acids is 1. The molecular weight excluding hydrogens is 421 g/mol. The highest BCUT2D eigenvalue weighted by Crippen LogP contribution is 2.39. The van der Waals surface area contributed by atoms with E-state index in [1.54, 1.807) is 34.9 Å². The molecule has 0 N–H and O–H groups in total. The highest BCUT2D eigenvalue weighted by atomic mass is 19.1. The first-order chi connectivity index (χ1) is 16.1. The average molecular weight is 445 g/mol. The van der Waals surface area contributed by atoms with Gasteiger partial charge >= 0.3 is 0 Å². The number of likely N-dealkylation sites (tertiary alicyclic amines) is 1. The molecule has 5 rings (SSSR count). The molecule has 1 aromatic heterocycles. The van der Waals surface area contributed by atoms with E-state index >= 15 is 0 Å². The van der Waals surface area contributed by atoms with Crippen molar-refractivity contribution < 1.29 is 13.9 Å². The monoisotopic (exact) mass is 445 g/mol. The van der Waals surface area contributed by atoms with Crippen LogP contribution in [0.1, 0.15) is 43.8 Å². The van der Waals surface area contributed by atoms with Crippen LogP contribution in [-0.2, 0) is 4.79 Å². The first-order valence-corrected chi connectivity index (χ1v) is 11.4. The molecule has 3 aromatic rings. The molecule has 0 bridgehead atoms. The molecule has 2 aromatic carbocycles. The number of pyridine rings is 1. The smallest absolute Gasteiger partial charge is 0.260 e. The maximum absolute atomic E-state index is 14.1.